The van der Waals surface area contributed by atoms with Gasteiger partial charge in [0, 0.05) is 6.07 Å². The van der Waals surface area contributed by atoms with Crippen LogP contribution in [0.5, 0.6) is 5.88 Å². The standard InChI is InChI=1S/C13H12N2O3/c16-8-10-12(17)14-6-2-1-3-11(14)15(13(10)18)7-9-4-5-9/h1-3,6,8-9H,4-5,7H2. The number of carbonyl (C=O) groups is 1. The summed E-state index contributed by atoms with van der Waals surface area (Å²) < 4.78 is 2.89. The van der Waals surface area contributed by atoms with E-state index >= 15 is 0 Å². The molecule has 0 aromatic carbocycles. The van der Waals surface area contributed by atoms with Crippen LogP contribution in [0.25, 0.3) is 5.65 Å². The first kappa shape index (κ1) is 11.0. The highest BCUT2D eigenvalue weighted by molar-refractivity contribution is 5.76. The summed E-state index contributed by atoms with van der Waals surface area (Å²) in [6.07, 6.45) is 4.13. The third-order valence-corrected chi connectivity index (χ3v) is 3.30. The fourth-order valence-electron chi connectivity index (χ4n) is 2.13. The van der Waals surface area contributed by atoms with Crippen molar-refractivity contribution in [2.45, 2.75) is 19.4 Å². The Balaban J connectivity index is 2.36. The largest absolute Gasteiger partial charge is 0.842 e. The smallest absolute Gasteiger partial charge is 0.352 e. The maximum absolute atomic E-state index is 12.1. The summed E-state index contributed by atoms with van der Waals surface area (Å²) in [5, 5.41) is 12.1. The Morgan fingerprint density at radius 1 is 1.44 bits per heavy atom. The van der Waals surface area contributed by atoms with Crippen molar-refractivity contribution in [3.8, 4) is 5.88 Å². The molecule has 0 bridgehead atoms. The minimum absolute atomic E-state index is 0.292. The molecule has 0 N–H and O–H groups in total. The zero-order chi connectivity index (χ0) is 12.7. The molecule has 0 aliphatic heterocycles. The summed E-state index contributed by atoms with van der Waals surface area (Å²) in [4.78, 5) is 22.9. The molecule has 0 atom stereocenters. The van der Waals surface area contributed by atoms with Crippen LogP contribution in [0.1, 0.15) is 23.2 Å². The molecule has 1 aliphatic rings. The molecule has 0 radical (unpaired) electrons. The van der Waals surface area contributed by atoms with Crippen LogP contribution in [-0.2, 0) is 6.54 Å². The van der Waals surface area contributed by atoms with Crippen LogP contribution >= 0.6 is 0 Å². The lowest BCUT2D eigenvalue weighted by Crippen LogP contribution is -2.45. The molecule has 3 rings (SSSR count). The molecule has 5 nitrogen and oxygen atoms in total. The molecular formula is C13H12N2O3. The summed E-state index contributed by atoms with van der Waals surface area (Å²) >= 11 is 0. The molecule has 0 unspecified atom stereocenters. The molecule has 1 aliphatic carbocycles. The predicted octanol–water partition coefficient (Wildman–Crippen LogP) is -0.117. The van der Waals surface area contributed by atoms with E-state index < -0.39 is 11.4 Å². The van der Waals surface area contributed by atoms with Gasteiger partial charge >= 0.3 is 5.56 Å². The monoisotopic (exact) mass is 244 g/mol. The van der Waals surface area contributed by atoms with Crippen molar-refractivity contribution in [2.75, 3.05) is 0 Å². The van der Waals surface area contributed by atoms with E-state index in [-0.39, 0.29) is 5.56 Å². The molecule has 0 saturated heterocycles. The zero-order valence-electron chi connectivity index (χ0n) is 9.70. The first-order valence-electron chi connectivity index (χ1n) is 5.91. The van der Waals surface area contributed by atoms with Gasteiger partial charge in [-0.2, -0.15) is 4.40 Å². The highest BCUT2D eigenvalue weighted by Gasteiger charge is 2.27. The van der Waals surface area contributed by atoms with E-state index in [4.69, 9.17) is 0 Å². The lowest BCUT2D eigenvalue weighted by molar-refractivity contribution is -0.719. The van der Waals surface area contributed by atoms with Gasteiger partial charge in [0.2, 0.25) is 0 Å². The lowest BCUT2D eigenvalue weighted by atomic mass is 10.3. The van der Waals surface area contributed by atoms with Crippen LogP contribution in [0.4, 0.5) is 0 Å². The van der Waals surface area contributed by atoms with Gasteiger partial charge in [-0.05, 0) is 24.8 Å². The van der Waals surface area contributed by atoms with Crippen LogP contribution in [0, 0.1) is 5.92 Å². The van der Waals surface area contributed by atoms with E-state index in [0.717, 1.165) is 12.8 Å². The van der Waals surface area contributed by atoms with Gasteiger partial charge in [0.15, 0.2) is 6.29 Å². The number of hydrogen-bond donors (Lipinski definition) is 0. The summed E-state index contributed by atoms with van der Waals surface area (Å²) in [6.45, 7) is 0.577. The van der Waals surface area contributed by atoms with Gasteiger partial charge < -0.3 is 5.11 Å². The van der Waals surface area contributed by atoms with Gasteiger partial charge in [-0.15, -0.1) is 0 Å². The fourth-order valence-corrected chi connectivity index (χ4v) is 2.13. The van der Waals surface area contributed by atoms with Crippen molar-refractivity contribution >= 4 is 11.9 Å². The van der Waals surface area contributed by atoms with Crippen LogP contribution in [0.3, 0.4) is 0 Å². The van der Waals surface area contributed by atoms with Crippen LogP contribution < -0.4 is 15.2 Å². The average Bonchev–Trinajstić information content (AvgIpc) is 3.19. The second-order valence-electron chi connectivity index (χ2n) is 4.62. The maximum Gasteiger partial charge on any atom is 0.352 e. The van der Waals surface area contributed by atoms with Crippen molar-refractivity contribution in [3.63, 3.8) is 0 Å². The van der Waals surface area contributed by atoms with Crippen LogP contribution in [-0.4, -0.2) is 10.7 Å². The Labute approximate surface area is 103 Å². The molecule has 18 heavy (non-hydrogen) atoms. The minimum Gasteiger partial charge on any atom is -0.842 e. The number of aromatic nitrogens is 2. The van der Waals surface area contributed by atoms with E-state index in [2.05, 4.69) is 0 Å². The number of aldehydes is 1. The summed E-state index contributed by atoms with van der Waals surface area (Å²) in [5.74, 6) is 0.0109. The second-order valence-corrected chi connectivity index (χ2v) is 4.62. The Morgan fingerprint density at radius 2 is 2.22 bits per heavy atom. The van der Waals surface area contributed by atoms with E-state index in [1.54, 1.807) is 24.4 Å². The molecule has 5 heteroatoms. The minimum atomic E-state index is -0.544. The average molecular weight is 244 g/mol. The van der Waals surface area contributed by atoms with Gasteiger partial charge in [0.1, 0.15) is 5.56 Å². The molecule has 2 aromatic heterocycles. The van der Waals surface area contributed by atoms with E-state index in [0.29, 0.717) is 24.4 Å². The summed E-state index contributed by atoms with van der Waals surface area (Å²) in [7, 11) is 0. The van der Waals surface area contributed by atoms with Crippen molar-refractivity contribution in [1.82, 2.24) is 4.40 Å². The molecule has 1 fully saturated rings. The molecule has 92 valence electrons. The topological polar surface area (TPSA) is 65.5 Å². The maximum atomic E-state index is 12.1. The first-order valence-corrected chi connectivity index (χ1v) is 5.91. The number of nitrogens with zero attached hydrogens (tertiary/aromatic N) is 2. The van der Waals surface area contributed by atoms with E-state index in [1.807, 2.05) is 0 Å². The number of rotatable bonds is 3. The number of carbonyl (C=O) groups excluding carboxylic acids is 1. The molecular weight excluding hydrogens is 232 g/mol. The third kappa shape index (κ3) is 1.59. The number of fused-ring (bicyclic) bond motifs is 1. The van der Waals surface area contributed by atoms with Crippen molar-refractivity contribution in [3.05, 3.63) is 40.3 Å². The predicted molar refractivity (Wildman–Crippen MR) is 61.4 cm³/mol. The lowest BCUT2D eigenvalue weighted by Gasteiger charge is -2.13. The zero-order valence-corrected chi connectivity index (χ0v) is 9.70. The normalized spacial score (nSPS) is 14.9. The van der Waals surface area contributed by atoms with Gasteiger partial charge in [0.25, 0.3) is 5.65 Å². The Bertz CT molecular complexity index is 686. The SMILES string of the molecule is O=Cc1c([O-])[n+](CC2CC2)c2ccccn2c1=O. The van der Waals surface area contributed by atoms with E-state index in [1.165, 1.54) is 8.97 Å². The van der Waals surface area contributed by atoms with Gasteiger partial charge in [0.05, 0.1) is 18.6 Å². The van der Waals surface area contributed by atoms with Gasteiger partial charge in [-0.25, -0.2) is 9.36 Å². The fraction of sp³-hybridized carbons (Fsp3) is 0.308. The van der Waals surface area contributed by atoms with Gasteiger partial charge in [-0.1, -0.05) is 6.07 Å². The van der Waals surface area contributed by atoms with Crippen molar-refractivity contribution in [2.24, 2.45) is 5.92 Å². The Morgan fingerprint density at radius 3 is 2.89 bits per heavy atom. The number of pyridine rings is 1. The molecule has 2 aromatic rings. The Kier molecular flexibility index (Phi) is 2.40. The molecule has 0 amide bonds. The number of hydrogen-bond acceptors (Lipinski definition) is 3. The van der Waals surface area contributed by atoms with E-state index in [9.17, 15) is 14.7 Å². The highest BCUT2D eigenvalue weighted by Crippen LogP contribution is 2.29. The molecule has 2 heterocycles. The molecule has 0 spiro atoms. The van der Waals surface area contributed by atoms with Crippen LogP contribution in [0.15, 0.2) is 29.2 Å². The first-order chi connectivity index (χ1) is 8.72. The Hall–Kier alpha value is -2.17. The summed E-state index contributed by atoms with van der Waals surface area (Å²) in [6, 6.07) is 5.20. The van der Waals surface area contributed by atoms with Crippen molar-refractivity contribution in [1.29, 1.82) is 0 Å². The van der Waals surface area contributed by atoms with Crippen molar-refractivity contribution < 1.29 is 14.5 Å². The summed E-state index contributed by atoms with van der Waals surface area (Å²) in [5.41, 5.74) is -0.290. The van der Waals surface area contributed by atoms with Crippen LogP contribution in [0.2, 0.25) is 0 Å². The quantitative estimate of drug-likeness (QED) is 0.558. The van der Waals surface area contributed by atoms with Gasteiger partial charge in [-0.3, -0.25) is 4.79 Å². The third-order valence-electron chi connectivity index (χ3n) is 3.30. The highest BCUT2D eigenvalue weighted by atomic mass is 16.3. The molecule has 1 saturated carbocycles. The second kappa shape index (κ2) is 3.94.